The smallest absolute Gasteiger partial charge is 0.222 e. The Hall–Kier alpha value is -2.34. The van der Waals surface area contributed by atoms with Crippen LogP contribution in [0, 0.1) is 11.6 Å². The number of benzene rings is 1. The molecule has 0 unspecified atom stereocenters. The average molecular weight is 361 g/mol. The first kappa shape index (κ1) is 20.0. The van der Waals surface area contributed by atoms with Gasteiger partial charge in [0.2, 0.25) is 5.91 Å². The molecular formula is C20H25F2N3O. The number of aryl methyl sites for hydroxylation is 1. The zero-order valence-electron chi connectivity index (χ0n) is 15.3. The van der Waals surface area contributed by atoms with Gasteiger partial charge in [-0.3, -0.25) is 9.78 Å². The zero-order chi connectivity index (χ0) is 18.9. The predicted octanol–water partition coefficient (Wildman–Crippen LogP) is 3.27. The lowest BCUT2D eigenvalue weighted by Gasteiger charge is -2.25. The van der Waals surface area contributed by atoms with E-state index in [-0.39, 0.29) is 12.5 Å². The van der Waals surface area contributed by atoms with Gasteiger partial charge in [0, 0.05) is 37.9 Å². The van der Waals surface area contributed by atoms with E-state index in [9.17, 15) is 13.6 Å². The molecule has 0 saturated carbocycles. The predicted molar refractivity (Wildman–Crippen MR) is 97.5 cm³/mol. The highest BCUT2D eigenvalue weighted by Gasteiger charge is 2.15. The average Bonchev–Trinajstić information content (AvgIpc) is 2.62. The standard InChI is InChI=1S/C20H25F2N3O/c1-24(2)12-13-25(15-16-9-10-18(21)19(22)14-16)20(26)8-5-7-17-6-3-4-11-23-17/h3-4,6,9-11,14H,5,7-8,12-13,15H2,1-2H3. The zero-order valence-corrected chi connectivity index (χ0v) is 15.3. The highest BCUT2D eigenvalue weighted by atomic mass is 19.2. The molecule has 0 radical (unpaired) electrons. The molecular weight excluding hydrogens is 336 g/mol. The molecule has 2 rings (SSSR count). The molecule has 140 valence electrons. The van der Waals surface area contributed by atoms with E-state index in [1.165, 1.54) is 6.07 Å². The van der Waals surface area contributed by atoms with E-state index in [0.29, 0.717) is 31.5 Å². The summed E-state index contributed by atoms with van der Waals surface area (Å²) in [4.78, 5) is 20.6. The normalized spacial score (nSPS) is 11.0. The highest BCUT2D eigenvalue weighted by molar-refractivity contribution is 5.76. The van der Waals surface area contributed by atoms with Gasteiger partial charge in [0.25, 0.3) is 0 Å². The van der Waals surface area contributed by atoms with Crippen LogP contribution in [0.25, 0.3) is 0 Å². The summed E-state index contributed by atoms with van der Waals surface area (Å²) in [5.74, 6) is -1.76. The Morgan fingerprint density at radius 1 is 1.08 bits per heavy atom. The van der Waals surface area contributed by atoms with Crippen LogP contribution in [0.3, 0.4) is 0 Å². The first-order valence-corrected chi connectivity index (χ1v) is 8.72. The summed E-state index contributed by atoms with van der Waals surface area (Å²) in [6.45, 7) is 1.51. The molecule has 2 aromatic rings. The van der Waals surface area contributed by atoms with Gasteiger partial charge >= 0.3 is 0 Å². The molecule has 6 heteroatoms. The molecule has 0 fully saturated rings. The van der Waals surface area contributed by atoms with Crippen LogP contribution in [-0.4, -0.2) is 47.9 Å². The van der Waals surface area contributed by atoms with Crippen LogP contribution in [-0.2, 0) is 17.8 Å². The van der Waals surface area contributed by atoms with Crippen LogP contribution >= 0.6 is 0 Å². The number of carbonyl (C=O) groups is 1. The van der Waals surface area contributed by atoms with E-state index < -0.39 is 11.6 Å². The lowest BCUT2D eigenvalue weighted by atomic mass is 10.1. The van der Waals surface area contributed by atoms with Gasteiger partial charge in [-0.15, -0.1) is 0 Å². The number of hydrogen-bond acceptors (Lipinski definition) is 3. The molecule has 1 heterocycles. The lowest BCUT2D eigenvalue weighted by molar-refractivity contribution is -0.132. The third-order valence-corrected chi connectivity index (χ3v) is 4.08. The van der Waals surface area contributed by atoms with Gasteiger partial charge < -0.3 is 9.80 Å². The molecule has 1 aromatic carbocycles. The molecule has 0 aliphatic rings. The van der Waals surface area contributed by atoms with Crippen molar-refractivity contribution in [3.63, 3.8) is 0 Å². The van der Waals surface area contributed by atoms with Gasteiger partial charge in [-0.1, -0.05) is 12.1 Å². The Morgan fingerprint density at radius 3 is 2.54 bits per heavy atom. The molecule has 0 atom stereocenters. The number of halogens is 2. The molecule has 0 aliphatic carbocycles. The molecule has 26 heavy (non-hydrogen) atoms. The summed E-state index contributed by atoms with van der Waals surface area (Å²) < 4.78 is 26.5. The minimum absolute atomic E-state index is 0.00696. The molecule has 1 amide bonds. The Balaban J connectivity index is 1.95. The third kappa shape index (κ3) is 6.52. The summed E-state index contributed by atoms with van der Waals surface area (Å²) >= 11 is 0. The first-order chi connectivity index (χ1) is 12.5. The van der Waals surface area contributed by atoms with E-state index in [1.54, 1.807) is 11.1 Å². The SMILES string of the molecule is CN(C)CCN(Cc1ccc(F)c(F)c1)C(=O)CCCc1ccccn1. The quantitative estimate of drug-likeness (QED) is 0.688. The maximum Gasteiger partial charge on any atom is 0.222 e. The minimum Gasteiger partial charge on any atom is -0.337 e. The molecule has 4 nitrogen and oxygen atoms in total. The van der Waals surface area contributed by atoms with Crippen molar-refractivity contribution in [3.05, 3.63) is 65.5 Å². The molecule has 0 bridgehead atoms. The van der Waals surface area contributed by atoms with Crippen LogP contribution in [0.4, 0.5) is 8.78 Å². The maximum atomic E-state index is 13.4. The Kier molecular flexibility index (Phi) is 7.66. The van der Waals surface area contributed by atoms with Crippen molar-refractivity contribution in [2.75, 3.05) is 27.2 Å². The van der Waals surface area contributed by atoms with E-state index in [2.05, 4.69) is 4.98 Å². The number of rotatable bonds is 9. The summed E-state index contributed by atoms with van der Waals surface area (Å²) in [7, 11) is 3.86. The van der Waals surface area contributed by atoms with Gasteiger partial charge in [0.05, 0.1) is 0 Å². The van der Waals surface area contributed by atoms with Crippen molar-refractivity contribution >= 4 is 5.91 Å². The Morgan fingerprint density at radius 2 is 1.88 bits per heavy atom. The van der Waals surface area contributed by atoms with Crippen LogP contribution < -0.4 is 0 Å². The van der Waals surface area contributed by atoms with Crippen molar-refractivity contribution in [2.45, 2.75) is 25.8 Å². The molecule has 0 N–H and O–H groups in total. The lowest BCUT2D eigenvalue weighted by Crippen LogP contribution is -2.36. The van der Waals surface area contributed by atoms with Crippen molar-refractivity contribution in [1.29, 1.82) is 0 Å². The van der Waals surface area contributed by atoms with E-state index >= 15 is 0 Å². The van der Waals surface area contributed by atoms with Gasteiger partial charge in [0.15, 0.2) is 11.6 Å². The fourth-order valence-corrected chi connectivity index (χ4v) is 2.60. The topological polar surface area (TPSA) is 36.4 Å². The summed E-state index contributed by atoms with van der Waals surface area (Å²) in [6, 6.07) is 9.49. The minimum atomic E-state index is -0.891. The molecule has 1 aromatic heterocycles. The van der Waals surface area contributed by atoms with Gasteiger partial charge in [-0.2, -0.15) is 0 Å². The van der Waals surface area contributed by atoms with Crippen molar-refractivity contribution in [2.24, 2.45) is 0 Å². The molecule has 0 aliphatic heterocycles. The van der Waals surface area contributed by atoms with Crippen LogP contribution in [0.2, 0.25) is 0 Å². The number of hydrogen-bond donors (Lipinski definition) is 0. The number of pyridine rings is 1. The van der Waals surface area contributed by atoms with Gasteiger partial charge in [0.1, 0.15) is 0 Å². The Labute approximate surface area is 153 Å². The number of carbonyl (C=O) groups excluding carboxylic acids is 1. The maximum absolute atomic E-state index is 13.4. The monoisotopic (exact) mass is 361 g/mol. The third-order valence-electron chi connectivity index (χ3n) is 4.08. The number of amides is 1. The highest BCUT2D eigenvalue weighted by Crippen LogP contribution is 2.13. The van der Waals surface area contributed by atoms with Gasteiger partial charge in [-0.05, 0) is 56.8 Å². The number of likely N-dealkylation sites (N-methyl/N-ethyl adjacent to an activating group) is 1. The number of nitrogens with zero attached hydrogens (tertiary/aromatic N) is 3. The van der Waals surface area contributed by atoms with Crippen LogP contribution in [0.15, 0.2) is 42.6 Å². The van der Waals surface area contributed by atoms with Gasteiger partial charge in [-0.25, -0.2) is 8.78 Å². The summed E-state index contributed by atoms with van der Waals surface area (Å²) in [5.41, 5.74) is 1.54. The van der Waals surface area contributed by atoms with Crippen LogP contribution in [0.5, 0.6) is 0 Å². The number of aromatic nitrogens is 1. The fourth-order valence-electron chi connectivity index (χ4n) is 2.60. The van der Waals surface area contributed by atoms with Crippen molar-refractivity contribution < 1.29 is 13.6 Å². The van der Waals surface area contributed by atoms with E-state index in [4.69, 9.17) is 0 Å². The molecule has 0 spiro atoms. The second kappa shape index (κ2) is 9.97. The van der Waals surface area contributed by atoms with E-state index in [1.807, 2.05) is 37.2 Å². The largest absolute Gasteiger partial charge is 0.337 e. The summed E-state index contributed by atoms with van der Waals surface area (Å²) in [5, 5.41) is 0. The van der Waals surface area contributed by atoms with Crippen LogP contribution in [0.1, 0.15) is 24.1 Å². The first-order valence-electron chi connectivity index (χ1n) is 8.72. The van der Waals surface area contributed by atoms with Crippen molar-refractivity contribution in [1.82, 2.24) is 14.8 Å². The second-order valence-electron chi connectivity index (χ2n) is 6.54. The molecule has 0 saturated heterocycles. The van der Waals surface area contributed by atoms with Crippen molar-refractivity contribution in [3.8, 4) is 0 Å². The Bertz CT molecular complexity index is 707. The second-order valence-corrected chi connectivity index (χ2v) is 6.54. The van der Waals surface area contributed by atoms with E-state index in [0.717, 1.165) is 24.2 Å². The fraction of sp³-hybridized carbons (Fsp3) is 0.400. The summed E-state index contributed by atoms with van der Waals surface area (Å²) in [6.07, 6.45) is 3.57.